The van der Waals surface area contributed by atoms with Gasteiger partial charge in [-0.3, -0.25) is 4.79 Å². The van der Waals surface area contributed by atoms with Gasteiger partial charge in [-0.15, -0.1) is 0 Å². The Hall–Kier alpha value is -0.630. The second kappa shape index (κ2) is 8.52. The van der Waals surface area contributed by atoms with Gasteiger partial charge in [0.05, 0.1) is 0 Å². The lowest BCUT2D eigenvalue weighted by Crippen LogP contribution is -2.14. The number of hydrogen-bond donors (Lipinski definition) is 0. The Morgan fingerprint density at radius 3 is 2.53 bits per heavy atom. The number of Topliss-reactive ketones (excluding diaryl/α,β-unsaturated/α-hetero) is 1. The first-order valence-electron chi connectivity index (χ1n) is 7.40. The lowest BCUT2D eigenvalue weighted by atomic mass is 9.90. The Kier molecular flexibility index (Phi) is 7.37. The van der Waals surface area contributed by atoms with Crippen LogP contribution in [0.15, 0.2) is 22.7 Å². The van der Waals surface area contributed by atoms with Crippen molar-refractivity contribution in [1.29, 1.82) is 0 Å². The first-order chi connectivity index (χ1) is 9.10. The van der Waals surface area contributed by atoms with Crippen LogP contribution in [-0.2, 0) is 0 Å². The molecule has 0 aliphatic heterocycles. The summed E-state index contributed by atoms with van der Waals surface area (Å²) in [5, 5.41) is 0. The van der Waals surface area contributed by atoms with E-state index in [1.54, 1.807) is 0 Å². The molecule has 1 rings (SSSR count). The second-order valence-corrected chi connectivity index (χ2v) is 6.14. The summed E-state index contributed by atoms with van der Waals surface area (Å²) >= 11 is 3.48. The van der Waals surface area contributed by atoms with E-state index in [0.29, 0.717) is 5.78 Å². The molecule has 0 aromatic heterocycles. The number of aryl methyl sites for hydroxylation is 1. The Morgan fingerprint density at radius 2 is 1.95 bits per heavy atom. The van der Waals surface area contributed by atoms with E-state index < -0.39 is 0 Å². The molecule has 1 atom stereocenters. The Labute approximate surface area is 125 Å². The minimum Gasteiger partial charge on any atom is -0.294 e. The molecule has 106 valence electrons. The van der Waals surface area contributed by atoms with Crippen LogP contribution in [0.5, 0.6) is 0 Å². The molecule has 0 bridgehead atoms. The van der Waals surface area contributed by atoms with Crippen LogP contribution >= 0.6 is 15.9 Å². The third kappa shape index (κ3) is 5.10. The summed E-state index contributed by atoms with van der Waals surface area (Å²) in [5.74, 6) is 0.507. The maximum atomic E-state index is 12.5. The maximum absolute atomic E-state index is 12.5. The number of carbonyl (C=O) groups excluding carboxylic acids is 1. The highest BCUT2D eigenvalue weighted by atomic mass is 79.9. The molecular weight excluding hydrogens is 300 g/mol. The molecule has 0 saturated carbocycles. The summed E-state index contributed by atoms with van der Waals surface area (Å²) in [7, 11) is 0. The highest BCUT2D eigenvalue weighted by Crippen LogP contribution is 2.23. The molecule has 0 radical (unpaired) electrons. The van der Waals surface area contributed by atoms with Gasteiger partial charge in [-0.1, -0.05) is 61.5 Å². The van der Waals surface area contributed by atoms with Gasteiger partial charge in [0.15, 0.2) is 5.78 Å². The van der Waals surface area contributed by atoms with E-state index in [2.05, 4.69) is 29.8 Å². The smallest absolute Gasteiger partial charge is 0.165 e. The molecule has 0 fully saturated rings. The largest absolute Gasteiger partial charge is 0.294 e. The monoisotopic (exact) mass is 324 g/mol. The quantitative estimate of drug-likeness (QED) is 0.427. The van der Waals surface area contributed by atoms with E-state index in [9.17, 15) is 4.79 Å². The van der Waals surface area contributed by atoms with E-state index >= 15 is 0 Å². The molecule has 0 saturated heterocycles. The molecule has 0 aliphatic carbocycles. The van der Waals surface area contributed by atoms with Crippen molar-refractivity contribution in [3.05, 3.63) is 33.8 Å². The molecule has 1 aromatic carbocycles. The molecule has 2 heteroatoms. The van der Waals surface area contributed by atoms with Gasteiger partial charge in [-0.2, -0.15) is 0 Å². The SMILES string of the molecule is CCCCCCC(CC)C(=O)c1ccc(Br)c(C)c1. The summed E-state index contributed by atoms with van der Waals surface area (Å²) in [5.41, 5.74) is 2.00. The predicted octanol–water partition coefficient (Wildman–Crippen LogP) is 5.94. The topological polar surface area (TPSA) is 17.1 Å². The van der Waals surface area contributed by atoms with Crippen molar-refractivity contribution in [2.45, 2.75) is 59.3 Å². The van der Waals surface area contributed by atoms with Crippen molar-refractivity contribution in [3.8, 4) is 0 Å². The van der Waals surface area contributed by atoms with Gasteiger partial charge in [0.2, 0.25) is 0 Å². The van der Waals surface area contributed by atoms with Crippen LogP contribution in [0.4, 0.5) is 0 Å². The summed E-state index contributed by atoms with van der Waals surface area (Å²) in [6.45, 7) is 6.37. The number of unbranched alkanes of at least 4 members (excludes halogenated alkanes) is 3. The molecule has 0 heterocycles. The second-order valence-electron chi connectivity index (χ2n) is 5.28. The zero-order chi connectivity index (χ0) is 14.3. The van der Waals surface area contributed by atoms with Crippen LogP contribution in [0, 0.1) is 12.8 Å². The van der Waals surface area contributed by atoms with Gasteiger partial charge >= 0.3 is 0 Å². The van der Waals surface area contributed by atoms with Gasteiger partial charge in [0, 0.05) is 16.0 Å². The average Bonchev–Trinajstić information content (AvgIpc) is 2.41. The number of hydrogen-bond acceptors (Lipinski definition) is 1. The van der Waals surface area contributed by atoms with Crippen molar-refractivity contribution in [2.75, 3.05) is 0 Å². The third-order valence-electron chi connectivity index (χ3n) is 3.71. The summed E-state index contributed by atoms with van der Waals surface area (Å²) in [4.78, 5) is 12.5. The highest BCUT2D eigenvalue weighted by Gasteiger charge is 2.18. The first kappa shape index (κ1) is 16.4. The molecule has 0 amide bonds. The van der Waals surface area contributed by atoms with Crippen LogP contribution in [0.2, 0.25) is 0 Å². The van der Waals surface area contributed by atoms with E-state index in [0.717, 1.165) is 28.4 Å². The number of halogens is 1. The molecule has 0 spiro atoms. The maximum Gasteiger partial charge on any atom is 0.165 e. The van der Waals surface area contributed by atoms with Crippen molar-refractivity contribution in [2.24, 2.45) is 5.92 Å². The van der Waals surface area contributed by atoms with Crippen molar-refractivity contribution in [3.63, 3.8) is 0 Å². The van der Waals surface area contributed by atoms with Crippen LogP contribution in [0.25, 0.3) is 0 Å². The van der Waals surface area contributed by atoms with Crippen LogP contribution < -0.4 is 0 Å². The molecule has 1 nitrogen and oxygen atoms in total. The molecule has 0 aliphatic rings. The van der Waals surface area contributed by atoms with Gasteiger partial charge in [0.1, 0.15) is 0 Å². The van der Waals surface area contributed by atoms with Gasteiger partial charge in [-0.05, 0) is 37.5 Å². The molecule has 19 heavy (non-hydrogen) atoms. The number of rotatable bonds is 8. The molecular formula is C17H25BrO. The zero-order valence-corrected chi connectivity index (χ0v) is 13.9. The van der Waals surface area contributed by atoms with Crippen LogP contribution in [0.3, 0.4) is 0 Å². The summed E-state index contributed by atoms with van der Waals surface area (Å²) in [6, 6.07) is 5.92. The third-order valence-corrected chi connectivity index (χ3v) is 4.60. The van der Waals surface area contributed by atoms with E-state index in [-0.39, 0.29) is 5.92 Å². The number of ketones is 1. The fourth-order valence-electron chi connectivity index (χ4n) is 2.37. The van der Waals surface area contributed by atoms with E-state index in [1.165, 1.54) is 25.7 Å². The predicted molar refractivity (Wildman–Crippen MR) is 85.7 cm³/mol. The standard InChI is InChI=1S/C17H25BrO/c1-4-6-7-8-9-14(5-2)17(19)15-10-11-16(18)13(3)12-15/h10-12,14H,4-9H2,1-3H3. The first-order valence-corrected chi connectivity index (χ1v) is 8.19. The zero-order valence-electron chi connectivity index (χ0n) is 12.3. The van der Waals surface area contributed by atoms with Crippen molar-refractivity contribution in [1.82, 2.24) is 0 Å². The lowest BCUT2D eigenvalue weighted by Gasteiger charge is -2.14. The fraction of sp³-hybridized carbons (Fsp3) is 0.588. The number of benzene rings is 1. The summed E-state index contributed by atoms with van der Waals surface area (Å²) in [6.07, 6.45) is 6.93. The van der Waals surface area contributed by atoms with E-state index in [1.807, 2.05) is 25.1 Å². The Bertz CT molecular complexity index is 412. The fourth-order valence-corrected chi connectivity index (χ4v) is 2.62. The molecule has 0 N–H and O–H groups in total. The summed E-state index contributed by atoms with van der Waals surface area (Å²) < 4.78 is 1.07. The molecule has 1 aromatic rings. The lowest BCUT2D eigenvalue weighted by molar-refractivity contribution is 0.0907. The molecule has 1 unspecified atom stereocenters. The minimum absolute atomic E-state index is 0.192. The average molecular weight is 325 g/mol. The Balaban J connectivity index is 2.64. The van der Waals surface area contributed by atoms with E-state index in [4.69, 9.17) is 0 Å². The van der Waals surface area contributed by atoms with Crippen LogP contribution in [0.1, 0.15) is 68.3 Å². The highest BCUT2D eigenvalue weighted by molar-refractivity contribution is 9.10. The number of carbonyl (C=O) groups is 1. The van der Waals surface area contributed by atoms with Gasteiger partial charge in [-0.25, -0.2) is 0 Å². The minimum atomic E-state index is 0.192. The van der Waals surface area contributed by atoms with Gasteiger partial charge in [0.25, 0.3) is 0 Å². The van der Waals surface area contributed by atoms with Crippen molar-refractivity contribution < 1.29 is 4.79 Å². The van der Waals surface area contributed by atoms with Crippen molar-refractivity contribution >= 4 is 21.7 Å². The van der Waals surface area contributed by atoms with Crippen LogP contribution in [-0.4, -0.2) is 5.78 Å². The Morgan fingerprint density at radius 1 is 1.21 bits per heavy atom. The van der Waals surface area contributed by atoms with Gasteiger partial charge < -0.3 is 0 Å². The normalized spacial score (nSPS) is 12.4.